The fraction of sp³-hybridized carbons (Fsp3) is 0.571. The highest BCUT2D eigenvalue weighted by atomic mass is 16.2. The third-order valence-electron chi connectivity index (χ3n) is 12.4. The van der Waals surface area contributed by atoms with Crippen molar-refractivity contribution in [1.82, 2.24) is 31.9 Å². The van der Waals surface area contributed by atoms with Crippen LogP contribution in [0.2, 0.25) is 0 Å². The van der Waals surface area contributed by atoms with E-state index < -0.39 is 0 Å². The molecule has 0 radical (unpaired) electrons. The molecule has 12 heteroatoms. The van der Waals surface area contributed by atoms with Gasteiger partial charge in [-0.05, 0) is 94.2 Å². The van der Waals surface area contributed by atoms with Crippen molar-refractivity contribution in [3.05, 3.63) is 70.8 Å². The van der Waals surface area contributed by atoms with Crippen molar-refractivity contribution in [3.8, 4) is 0 Å². The van der Waals surface area contributed by atoms with Crippen LogP contribution in [0.25, 0.3) is 0 Å². The van der Waals surface area contributed by atoms with E-state index in [4.69, 9.17) is 0 Å². The summed E-state index contributed by atoms with van der Waals surface area (Å²) in [6.07, 6.45) is 12.5. The van der Waals surface area contributed by atoms with Crippen LogP contribution in [0, 0.1) is 11.8 Å². The van der Waals surface area contributed by atoms with E-state index in [0.717, 1.165) is 70.6 Å². The lowest BCUT2D eigenvalue weighted by molar-refractivity contribution is -0.131. The molecule has 54 heavy (non-hydrogen) atoms. The van der Waals surface area contributed by atoms with Gasteiger partial charge in [0, 0.05) is 70.3 Å². The first kappa shape index (κ1) is 37.6. The van der Waals surface area contributed by atoms with Crippen LogP contribution in [0.1, 0.15) is 144 Å². The van der Waals surface area contributed by atoms with Crippen molar-refractivity contribution in [3.63, 3.8) is 0 Å². The van der Waals surface area contributed by atoms with Gasteiger partial charge in [-0.3, -0.25) is 28.8 Å². The Bertz CT molecular complexity index is 1620. The van der Waals surface area contributed by atoms with Crippen molar-refractivity contribution in [2.24, 2.45) is 11.8 Å². The molecule has 6 amide bonds. The first-order valence-corrected chi connectivity index (χ1v) is 20.3. The van der Waals surface area contributed by atoms with Gasteiger partial charge in [-0.1, -0.05) is 57.1 Å². The average molecular weight is 739 g/mol. The van der Waals surface area contributed by atoms with E-state index in [1.165, 1.54) is 0 Å². The van der Waals surface area contributed by atoms with E-state index >= 15 is 0 Å². The Labute approximate surface area is 317 Å². The number of amides is 6. The van der Waals surface area contributed by atoms with Crippen LogP contribution in [0.15, 0.2) is 48.5 Å². The molecule has 0 aromatic heterocycles. The highest BCUT2D eigenvalue weighted by molar-refractivity contribution is 6.01. The summed E-state index contributed by atoms with van der Waals surface area (Å²) in [4.78, 5) is 81.8. The summed E-state index contributed by atoms with van der Waals surface area (Å²) in [7, 11) is 0. The van der Waals surface area contributed by atoms with Gasteiger partial charge in [0.2, 0.25) is 11.8 Å². The molecule has 6 N–H and O–H groups in total. The molecule has 0 saturated heterocycles. The summed E-state index contributed by atoms with van der Waals surface area (Å²) in [5, 5.41) is 19.0. The van der Waals surface area contributed by atoms with E-state index in [9.17, 15) is 28.8 Å². The summed E-state index contributed by atoms with van der Waals surface area (Å²) in [6.45, 7) is 0. The number of hydrogen-bond donors (Lipinski definition) is 6. The largest absolute Gasteiger partial charge is 0.351 e. The van der Waals surface area contributed by atoms with Crippen LogP contribution in [0.5, 0.6) is 0 Å². The Kier molecular flexibility index (Phi) is 11.9. The Hall–Kier alpha value is -4.74. The molecule has 5 aliphatic rings. The van der Waals surface area contributed by atoms with Gasteiger partial charge in [-0.2, -0.15) is 0 Å². The molecule has 6 bridgehead atoms. The molecule has 0 spiro atoms. The standard InChI is InChI=1S/C42H54N6O6/c49-37-25-10-7-12-27(22-25)39(51)45-33-18-3-4-19-34(33)47-41(53)29-14-9-15-30(24-29)42(54)48-36-21-6-5-20-35(36)46-40(52)28-13-8-11-26(23-28)38(50)44-32-17-2-1-16-31(32)43-37/h7-8,10-13,22-23,29-36H,1-6,9,14-21,24H2,(H,43,49)(H,44,50)(H,45,51)(H,46,52)(H,47,53)(H,48,54). The number of hydrogen-bond acceptors (Lipinski definition) is 6. The minimum atomic E-state index is -0.325. The molecule has 288 valence electrons. The van der Waals surface area contributed by atoms with E-state index in [0.29, 0.717) is 54.4 Å². The van der Waals surface area contributed by atoms with Crippen LogP contribution in [0.4, 0.5) is 0 Å². The van der Waals surface area contributed by atoms with E-state index in [-0.39, 0.29) is 83.5 Å². The zero-order chi connectivity index (χ0) is 37.6. The van der Waals surface area contributed by atoms with Crippen molar-refractivity contribution in [2.45, 2.75) is 139 Å². The van der Waals surface area contributed by atoms with E-state index in [1.54, 1.807) is 48.5 Å². The van der Waals surface area contributed by atoms with E-state index in [2.05, 4.69) is 31.9 Å². The molecular weight excluding hydrogens is 684 g/mol. The second-order valence-corrected chi connectivity index (χ2v) is 16.1. The lowest BCUT2D eigenvalue weighted by atomic mass is 9.79. The first-order chi connectivity index (χ1) is 26.2. The number of benzene rings is 2. The zero-order valence-corrected chi connectivity index (χ0v) is 31.0. The van der Waals surface area contributed by atoms with Gasteiger partial charge in [-0.15, -0.1) is 0 Å². The highest BCUT2D eigenvalue weighted by Gasteiger charge is 2.37. The summed E-state index contributed by atoms with van der Waals surface area (Å²) in [6, 6.07) is 11.6. The predicted molar refractivity (Wildman–Crippen MR) is 203 cm³/mol. The molecule has 1 heterocycles. The molecule has 2 aromatic rings. The minimum absolute atomic E-state index is 0.0753. The predicted octanol–water partition coefficient (Wildman–Crippen LogP) is 4.29. The van der Waals surface area contributed by atoms with Crippen molar-refractivity contribution in [2.75, 3.05) is 0 Å². The lowest BCUT2D eigenvalue weighted by Gasteiger charge is -2.36. The number of fused-ring (bicyclic) bond motifs is 9. The lowest BCUT2D eigenvalue weighted by Crippen LogP contribution is -2.55. The smallest absolute Gasteiger partial charge is 0.251 e. The summed E-state index contributed by atoms with van der Waals surface area (Å²) >= 11 is 0. The maximum Gasteiger partial charge on any atom is 0.251 e. The second kappa shape index (κ2) is 17.2. The summed E-state index contributed by atoms with van der Waals surface area (Å²) < 4.78 is 0. The number of carbonyl (C=O) groups is 6. The van der Waals surface area contributed by atoms with Gasteiger partial charge < -0.3 is 31.9 Å². The fourth-order valence-corrected chi connectivity index (χ4v) is 9.31. The molecule has 7 rings (SSSR count). The molecule has 4 aliphatic carbocycles. The van der Waals surface area contributed by atoms with Crippen LogP contribution in [-0.4, -0.2) is 71.7 Å². The van der Waals surface area contributed by atoms with Crippen molar-refractivity contribution < 1.29 is 28.8 Å². The van der Waals surface area contributed by atoms with Gasteiger partial charge in [0.05, 0.1) is 0 Å². The monoisotopic (exact) mass is 738 g/mol. The summed E-state index contributed by atoms with van der Waals surface area (Å²) in [5.41, 5.74) is 1.40. The third kappa shape index (κ3) is 8.96. The zero-order valence-electron chi connectivity index (χ0n) is 31.0. The van der Waals surface area contributed by atoms with Crippen LogP contribution in [0.3, 0.4) is 0 Å². The Morgan fingerprint density at radius 1 is 0.352 bits per heavy atom. The highest BCUT2D eigenvalue weighted by Crippen LogP contribution is 2.31. The third-order valence-corrected chi connectivity index (χ3v) is 12.4. The van der Waals surface area contributed by atoms with Gasteiger partial charge >= 0.3 is 0 Å². The normalized spacial score (nSPS) is 31.6. The van der Waals surface area contributed by atoms with Crippen molar-refractivity contribution in [1.29, 1.82) is 0 Å². The molecule has 12 nitrogen and oxygen atoms in total. The Morgan fingerprint density at radius 2 is 0.630 bits per heavy atom. The van der Waals surface area contributed by atoms with E-state index in [1.807, 2.05) is 0 Å². The van der Waals surface area contributed by atoms with Gasteiger partial charge in [0.15, 0.2) is 0 Å². The molecule has 1 aliphatic heterocycles. The average Bonchev–Trinajstić information content (AvgIpc) is 3.19. The van der Waals surface area contributed by atoms with Gasteiger partial charge in [0.25, 0.3) is 23.6 Å². The molecule has 8 unspecified atom stereocenters. The number of carbonyl (C=O) groups excluding carboxylic acids is 6. The number of rotatable bonds is 0. The van der Waals surface area contributed by atoms with Gasteiger partial charge in [-0.25, -0.2) is 0 Å². The topological polar surface area (TPSA) is 175 Å². The van der Waals surface area contributed by atoms with Crippen LogP contribution >= 0.6 is 0 Å². The van der Waals surface area contributed by atoms with Gasteiger partial charge in [0.1, 0.15) is 0 Å². The molecule has 2 aromatic carbocycles. The molecule has 4 saturated carbocycles. The minimum Gasteiger partial charge on any atom is -0.351 e. The summed E-state index contributed by atoms with van der Waals surface area (Å²) in [5.74, 6) is -2.02. The van der Waals surface area contributed by atoms with Crippen LogP contribution in [-0.2, 0) is 9.59 Å². The second-order valence-electron chi connectivity index (χ2n) is 16.1. The first-order valence-electron chi connectivity index (χ1n) is 20.3. The fourth-order valence-electron chi connectivity index (χ4n) is 9.31. The molecule has 8 atom stereocenters. The number of nitrogens with one attached hydrogen (secondary N) is 6. The maximum atomic E-state index is 13.7. The maximum absolute atomic E-state index is 13.7. The molecule has 4 fully saturated rings. The molecular formula is C42H54N6O6. The SMILES string of the molecule is O=C1NC2CCCCC2NC(=O)c2cccc(c2)C(=O)NC2CCCCC2NC(=O)C2CCCC(C2)C(=O)NC2CCCCC2NC(=O)c2cccc1c2. The van der Waals surface area contributed by atoms with Crippen LogP contribution < -0.4 is 31.9 Å². The van der Waals surface area contributed by atoms with Crippen molar-refractivity contribution >= 4 is 35.4 Å². The Balaban J connectivity index is 1.14. The Morgan fingerprint density at radius 3 is 0.926 bits per heavy atom. The quantitative estimate of drug-likeness (QED) is 0.235.